The van der Waals surface area contributed by atoms with E-state index in [1.165, 1.54) is 0 Å². The zero-order valence-electron chi connectivity index (χ0n) is 9.57. The second kappa shape index (κ2) is 5.54. The summed E-state index contributed by atoms with van der Waals surface area (Å²) >= 11 is 0. The molecule has 92 valence electrons. The topological polar surface area (TPSA) is 73.4 Å². The van der Waals surface area contributed by atoms with Gasteiger partial charge >= 0.3 is 6.03 Å². The van der Waals surface area contributed by atoms with Crippen LogP contribution in [0.3, 0.4) is 0 Å². The first-order chi connectivity index (χ1) is 8.25. The summed E-state index contributed by atoms with van der Waals surface area (Å²) in [6.07, 6.45) is 1.88. The van der Waals surface area contributed by atoms with Crippen LogP contribution in [0.1, 0.15) is 12.8 Å². The minimum Gasteiger partial charge on any atom is -0.506 e. The van der Waals surface area contributed by atoms with Crippen LogP contribution in [-0.2, 0) is 0 Å². The van der Waals surface area contributed by atoms with Crippen molar-refractivity contribution in [2.24, 2.45) is 0 Å². The lowest BCUT2D eigenvalue weighted by Crippen LogP contribution is -2.44. The molecule has 1 aromatic rings. The highest BCUT2D eigenvalue weighted by Crippen LogP contribution is 2.21. The van der Waals surface area contributed by atoms with Crippen molar-refractivity contribution in [1.29, 1.82) is 0 Å². The zero-order valence-corrected chi connectivity index (χ0v) is 9.57. The molecule has 1 fully saturated rings. The van der Waals surface area contributed by atoms with E-state index in [4.69, 9.17) is 0 Å². The van der Waals surface area contributed by atoms with E-state index < -0.39 is 0 Å². The molecule has 17 heavy (non-hydrogen) atoms. The molecule has 0 atom stereocenters. The van der Waals surface area contributed by atoms with Crippen LogP contribution in [0.15, 0.2) is 24.3 Å². The fourth-order valence-corrected chi connectivity index (χ4v) is 1.89. The summed E-state index contributed by atoms with van der Waals surface area (Å²) in [5, 5.41) is 18.3. The third-order valence-corrected chi connectivity index (χ3v) is 2.83. The fraction of sp³-hybridized carbons (Fsp3) is 0.417. The van der Waals surface area contributed by atoms with Crippen molar-refractivity contribution in [3.8, 4) is 5.75 Å². The molecule has 1 heterocycles. The Hall–Kier alpha value is -1.75. The lowest BCUT2D eigenvalue weighted by atomic mass is 10.1. The van der Waals surface area contributed by atoms with Gasteiger partial charge in [-0.3, -0.25) is 0 Å². The van der Waals surface area contributed by atoms with E-state index in [0.29, 0.717) is 5.69 Å². The van der Waals surface area contributed by atoms with Gasteiger partial charge in [0.15, 0.2) is 0 Å². The summed E-state index contributed by atoms with van der Waals surface area (Å²) in [4.78, 5) is 11.7. The van der Waals surface area contributed by atoms with Gasteiger partial charge in [-0.15, -0.1) is 0 Å². The van der Waals surface area contributed by atoms with E-state index in [2.05, 4.69) is 16.0 Å². The van der Waals surface area contributed by atoms with Gasteiger partial charge in [0.25, 0.3) is 0 Å². The molecular formula is C12H17N3O2. The molecule has 0 aliphatic carbocycles. The average Bonchev–Trinajstić information content (AvgIpc) is 2.33. The van der Waals surface area contributed by atoms with Crippen LogP contribution >= 0.6 is 0 Å². The van der Waals surface area contributed by atoms with Crippen molar-refractivity contribution in [3.05, 3.63) is 24.3 Å². The van der Waals surface area contributed by atoms with Crippen LogP contribution in [-0.4, -0.2) is 30.3 Å². The number of piperidine rings is 1. The number of phenolic OH excluding ortho intramolecular Hbond substituents is 1. The Kier molecular flexibility index (Phi) is 3.82. The summed E-state index contributed by atoms with van der Waals surface area (Å²) in [7, 11) is 0. The van der Waals surface area contributed by atoms with Crippen molar-refractivity contribution in [2.45, 2.75) is 18.9 Å². The number of hydrogen-bond acceptors (Lipinski definition) is 3. The number of para-hydroxylation sites is 2. The number of anilines is 1. The summed E-state index contributed by atoms with van der Waals surface area (Å²) in [5.74, 6) is 0.0768. The van der Waals surface area contributed by atoms with Crippen molar-refractivity contribution in [3.63, 3.8) is 0 Å². The second-order valence-electron chi connectivity index (χ2n) is 4.14. The molecule has 5 heteroatoms. The molecule has 1 saturated heterocycles. The van der Waals surface area contributed by atoms with E-state index in [1.54, 1.807) is 24.3 Å². The maximum atomic E-state index is 11.7. The Morgan fingerprint density at radius 3 is 2.71 bits per heavy atom. The molecule has 1 aliphatic rings. The van der Waals surface area contributed by atoms with E-state index in [9.17, 15) is 9.90 Å². The van der Waals surface area contributed by atoms with E-state index in [1.807, 2.05) is 0 Å². The van der Waals surface area contributed by atoms with Crippen LogP contribution < -0.4 is 16.0 Å². The third kappa shape index (κ3) is 3.35. The Bertz CT molecular complexity index is 389. The Morgan fingerprint density at radius 1 is 1.29 bits per heavy atom. The molecule has 0 bridgehead atoms. The van der Waals surface area contributed by atoms with Crippen LogP contribution in [0.4, 0.5) is 10.5 Å². The maximum Gasteiger partial charge on any atom is 0.319 e. The average molecular weight is 235 g/mol. The molecule has 0 spiro atoms. The predicted molar refractivity (Wildman–Crippen MR) is 66.2 cm³/mol. The first kappa shape index (κ1) is 11.7. The second-order valence-corrected chi connectivity index (χ2v) is 4.14. The van der Waals surface area contributed by atoms with Gasteiger partial charge in [-0.1, -0.05) is 12.1 Å². The van der Waals surface area contributed by atoms with Crippen LogP contribution in [0.5, 0.6) is 5.75 Å². The molecule has 4 N–H and O–H groups in total. The Labute approximate surface area is 100 Å². The predicted octanol–water partition coefficient (Wildman–Crippen LogP) is 1.27. The van der Waals surface area contributed by atoms with E-state index in [0.717, 1.165) is 25.9 Å². The number of aromatic hydroxyl groups is 1. The minimum atomic E-state index is -0.265. The smallest absolute Gasteiger partial charge is 0.319 e. The van der Waals surface area contributed by atoms with E-state index in [-0.39, 0.29) is 17.8 Å². The molecule has 0 radical (unpaired) electrons. The Morgan fingerprint density at radius 2 is 2.00 bits per heavy atom. The van der Waals surface area contributed by atoms with Crippen molar-refractivity contribution in [2.75, 3.05) is 18.4 Å². The number of hydrogen-bond donors (Lipinski definition) is 4. The molecule has 1 aromatic carbocycles. The molecule has 2 amide bonds. The zero-order chi connectivity index (χ0) is 12.1. The first-order valence-electron chi connectivity index (χ1n) is 5.82. The number of urea groups is 1. The van der Waals surface area contributed by atoms with Crippen LogP contribution in [0, 0.1) is 0 Å². The lowest BCUT2D eigenvalue weighted by molar-refractivity contribution is 0.245. The highest BCUT2D eigenvalue weighted by atomic mass is 16.3. The number of phenols is 1. The molecular weight excluding hydrogens is 218 g/mol. The highest BCUT2D eigenvalue weighted by Gasteiger charge is 2.15. The van der Waals surface area contributed by atoms with Crippen molar-refractivity contribution < 1.29 is 9.90 Å². The normalized spacial score (nSPS) is 16.5. The van der Waals surface area contributed by atoms with Gasteiger partial charge in [-0.05, 0) is 38.1 Å². The third-order valence-electron chi connectivity index (χ3n) is 2.83. The van der Waals surface area contributed by atoms with Crippen LogP contribution in [0.2, 0.25) is 0 Å². The van der Waals surface area contributed by atoms with Gasteiger partial charge in [0.2, 0.25) is 0 Å². The van der Waals surface area contributed by atoms with Gasteiger partial charge in [-0.25, -0.2) is 4.79 Å². The number of nitrogens with one attached hydrogen (secondary N) is 3. The van der Waals surface area contributed by atoms with Crippen LogP contribution in [0.25, 0.3) is 0 Å². The number of carbonyl (C=O) groups is 1. The highest BCUT2D eigenvalue weighted by molar-refractivity contribution is 5.90. The lowest BCUT2D eigenvalue weighted by Gasteiger charge is -2.23. The van der Waals surface area contributed by atoms with Gasteiger partial charge in [-0.2, -0.15) is 0 Å². The summed E-state index contributed by atoms with van der Waals surface area (Å²) in [6, 6.07) is 6.63. The first-order valence-corrected chi connectivity index (χ1v) is 5.82. The summed E-state index contributed by atoms with van der Waals surface area (Å²) < 4.78 is 0. The number of benzene rings is 1. The molecule has 2 rings (SSSR count). The molecule has 0 saturated carbocycles. The number of rotatable bonds is 2. The molecule has 5 nitrogen and oxygen atoms in total. The summed E-state index contributed by atoms with van der Waals surface area (Å²) in [6.45, 7) is 1.86. The standard InChI is InChI=1S/C12H17N3O2/c16-11-4-2-1-3-10(11)15-12(17)14-9-5-7-13-8-6-9/h1-4,9,13,16H,5-8H2,(H2,14,15,17). The minimum absolute atomic E-state index is 0.0768. The number of amides is 2. The Balaban J connectivity index is 1.86. The molecule has 1 aliphatic heterocycles. The van der Waals surface area contributed by atoms with Crippen molar-refractivity contribution >= 4 is 11.7 Å². The molecule has 0 unspecified atom stereocenters. The van der Waals surface area contributed by atoms with E-state index >= 15 is 0 Å². The maximum absolute atomic E-state index is 11.7. The summed E-state index contributed by atoms with van der Waals surface area (Å²) in [5.41, 5.74) is 0.430. The monoisotopic (exact) mass is 235 g/mol. The van der Waals surface area contributed by atoms with Gasteiger partial charge in [0.1, 0.15) is 5.75 Å². The largest absolute Gasteiger partial charge is 0.506 e. The van der Waals surface area contributed by atoms with Gasteiger partial charge in [0, 0.05) is 6.04 Å². The fourth-order valence-electron chi connectivity index (χ4n) is 1.89. The van der Waals surface area contributed by atoms with Gasteiger partial charge in [0.05, 0.1) is 5.69 Å². The number of carbonyl (C=O) groups excluding carboxylic acids is 1. The molecule has 0 aromatic heterocycles. The van der Waals surface area contributed by atoms with Crippen molar-refractivity contribution in [1.82, 2.24) is 10.6 Å². The SMILES string of the molecule is O=C(Nc1ccccc1O)NC1CCNCC1. The quantitative estimate of drug-likeness (QED) is 0.583. The van der Waals surface area contributed by atoms with Gasteiger partial charge < -0.3 is 21.1 Å².